The minimum absolute atomic E-state index is 0.0958. The minimum atomic E-state index is -0.132. The van der Waals surface area contributed by atoms with Gasteiger partial charge in [-0.05, 0) is 23.6 Å². The maximum atomic E-state index is 11.6. The van der Waals surface area contributed by atoms with E-state index in [9.17, 15) is 4.79 Å². The Morgan fingerprint density at radius 3 is 2.63 bits per heavy atom. The summed E-state index contributed by atoms with van der Waals surface area (Å²) in [6, 6.07) is 7.65. The minimum Gasteiger partial charge on any atom is -0.384 e. The van der Waals surface area contributed by atoms with Crippen LogP contribution in [0.3, 0.4) is 0 Å². The van der Waals surface area contributed by atoms with Crippen LogP contribution >= 0.6 is 0 Å². The first kappa shape index (κ1) is 15.3. The van der Waals surface area contributed by atoms with Crippen molar-refractivity contribution < 1.29 is 9.90 Å². The van der Waals surface area contributed by atoms with Crippen LogP contribution in [0.25, 0.3) is 0 Å². The molecule has 0 aliphatic rings. The van der Waals surface area contributed by atoms with Gasteiger partial charge in [0.05, 0.1) is 0 Å². The highest BCUT2D eigenvalue weighted by molar-refractivity contribution is 5.76. The number of carbonyl (C=O) groups is 1. The van der Waals surface area contributed by atoms with Gasteiger partial charge < -0.3 is 10.4 Å². The van der Waals surface area contributed by atoms with Crippen LogP contribution in [-0.2, 0) is 11.3 Å². The molecule has 0 fully saturated rings. The molecule has 3 nitrogen and oxygen atoms in total. The number of aliphatic hydroxyl groups is 1. The maximum absolute atomic E-state index is 11.6. The number of benzene rings is 1. The molecule has 0 spiro atoms. The Balaban J connectivity index is 2.43. The fourth-order valence-electron chi connectivity index (χ4n) is 1.58. The van der Waals surface area contributed by atoms with E-state index in [0.717, 1.165) is 17.5 Å². The number of hydrogen-bond donors (Lipinski definition) is 2. The van der Waals surface area contributed by atoms with Crippen LogP contribution in [-0.4, -0.2) is 17.6 Å². The van der Waals surface area contributed by atoms with Crippen LogP contribution in [0.5, 0.6) is 0 Å². The number of aliphatic hydroxyl groups excluding tert-OH is 1. The molecule has 0 radical (unpaired) electrons. The third-order valence-electron chi connectivity index (χ3n) is 2.99. The van der Waals surface area contributed by atoms with E-state index in [4.69, 9.17) is 5.11 Å². The van der Waals surface area contributed by atoms with Crippen LogP contribution in [0.4, 0.5) is 0 Å². The molecule has 0 aliphatic carbocycles. The molecule has 1 aromatic carbocycles. The molecule has 2 N–H and O–H groups in total. The van der Waals surface area contributed by atoms with Gasteiger partial charge in [-0.3, -0.25) is 4.79 Å². The largest absolute Gasteiger partial charge is 0.384 e. The summed E-state index contributed by atoms with van der Waals surface area (Å²) in [5.74, 6) is 5.95. The standard InChI is InChI=1S/C16H21NO2/c1-3-13(2)11-16(19)17-12-15-8-6-14(7-9-15)5-4-10-18/h6-9,13,18H,3,10-12H2,1-2H3,(H,17,19). The fraction of sp³-hybridized carbons (Fsp3) is 0.438. The Hall–Kier alpha value is -1.79. The molecule has 1 unspecified atom stereocenters. The van der Waals surface area contributed by atoms with Crippen molar-refractivity contribution in [1.29, 1.82) is 0 Å². The predicted octanol–water partition coefficient (Wildman–Crippen LogP) is 2.08. The lowest BCUT2D eigenvalue weighted by Crippen LogP contribution is -2.24. The van der Waals surface area contributed by atoms with E-state index in [2.05, 4.69) is 31.0 Å². The first-order chi connectivity index (χ1) is 9.15. The van der Waals surface area contributed by atoms with Crippen molar-refractivity contribution in [3.8, 4) is 11.8 Å². The van der Waals surface area contributed by atoms with E-state index < -0.39 is 0 Å². The molecule has 102 valence electrons. The monoisotopic (exact) mass is 259 g/mol. The summed E-state index contributed by atoms with van der Waals surface area (Å²) in [7, 11) is 0. The molecule has 1 aromatic rings. The first-order valence-corrected chi connectivity index (χ1v) is 6.61. The van der Waals surface area contributed by atoms with Crippen molar-refractivity contribution in [2.75, 3.05) is 6.61 Å². The molecule has 0 heterocycles. The second-order valence-corrected chi connectivity index (χ2v) is 4.65. The van der Waals surface area contributed by atoms with Gasteiger partial charge in [0.1, 0.15) is 6.61 Å². The third kappa shape index (κ3) is 6.08. The highest BCUT2D eigenvalue weighted by atomic mass is 16.2. The lowest BCUT2D eigenvalue weighted by atomic mass is 10.0. The van der Waals surface area contributed by atoms with Crippen LogP contribution in [0, 0.1) is 17.8 Å². The van der Waals surface area contributed by atoms with E-state index >= 15 is 0 Å². The topological polar surface area (TPSA) is 49.3 Å². The molecule has 19 heavy (non-hydrogen) atoms. The number of amides is 1. The molecule has 0 saturated carbocycles. The van der Waals surface area contributed by atoms with E-state index in [1.54, 1.807) is 0 Å². The van der Waals surface area contributed by atoms with Crippen molar-refractivity contribution in [2.45, 2.75) is 33.2 Å². The van der Waals surface area contributed by atoms with Crippen molar-refractivity contribution in [1.82, 2.24) is 5.32 Å². The summed E-state index contributed by atoms with van der Waals surface area (Å²) in [6.45, 7) is 4.58. The van der Waals surface area contributed by atoms with Crippen molar-refractivity contribution >= 4 is 5.91 Å². The molecule has 0 aromatic heterocycles. The van der Waals surface area contributed by atoms with E-state index in [1.807, 2.05) is 24.3 Å². The molecule has 0 saturated heterocycles. The van der Waals surface area contributed by atoms with Gasteiger partial charge >= 0.3 is 0 Å². The average molecular weight is 259 g/mol. The van der Waals surface area contributed by atoms with E-state index in [-0.39, 0.29) is 12.5 Å². The lowest BCUT2D eigenvalue weighted by Gasteiger charge is -2.09. The summed E-state index contributed by atoms with van der Waals surface area (Å²) in [5.41, 5.74) is 1.91. The zero-order valence-corrected chi connectivity index (χ0v) is 11.6. The number of nitrogens with one attached hydrogen (secondary N) is 1. The van der Waals surface area contributed by atoms with E-state index in [0.29, 0.717) is 18.9 Å². The van der Waals surface area contributed by atoms with Crippen LogP contribution in [0.15, 0.2) is 24.3 Å². The second-order valence-electron chi connectivity index (χ2n) is 4.65. The summed E-state index contributed by atoms with van der Waals surface area (Å²) in [5, 5.41) is 11.5. The quantitative estimate of drug-likeness (QED) is 0.795. The van der Waals surface area contributed by atoms with Gasteiger partial charge in [-0.1, -0.05) is 44.2 Å². The summed E-state index contributed by atoms with van der Waals surface area (Å²) >= 11 is 0. The molecule has 1 amide bonds. The molecular weight excluding hydrogens is 238 g/mol. The van der Waals surface area contributed by atoms with Gasteiger partial charge in [-0.2, -0.15) is 0 Å². The van der Waals surface area contributed by atoms with Crippen molar-refractivity contribution in [3.63, 3.8) is 0 Å². The smallest absolute Gasteiger partial charge is 0.220 e. The molecular formula is C16H21NO2. The lowest BCUT2D eigenvalue weighted by molar-refractivity contribution is -0.122. The Morgan fingerprint density at radius 2 is 2.05 bits per heavy atom. The Morgan fingerprint density at radius 1 is 1.37 bits per heavy atom. The highest BCUT2D eigenvalue weighted by Crippen LogP contribution is 2.07. The van der Waals surface area contributed by atoms with E-state index in [1.165, 1.54) is 0 Å². The number of hydrogen-bond acceptors (Lipinski definition) is 2. The number of rotatable bonds is 5. The maximum Gasteiger partial charge on any atom is 0.220 e. The number of carbonyl (C=O) groups excluding carboxylic acids is 1. The normalized spacial score (nSPS) is 11.3. The molecule has 3 heteroatoms. The Bertz CT molecular complexity index is 454. The zero-order valence-electron chi connectivity index (χ0n) is 11.6. The SMILES string of the molecule is CCC(C)CC(=O)NCc1ccc(C#CCO)cc1. The second kappa shape index (κ2) is 8.34. The average Bonchev–Trinajstić information content (AvgIpc) is 2.43. The van der Waals surface area contributed by atoms with Crippen LogP contribution in [0.1, 0.15) is 37.8 Å². The van der Waals surface area contributed by atoms with Crippen LogP contribution in [0.2, 0.25) is 0 Å². The molecule has 0 bridgehead atoms. The fourth-order valence-corrected chi connectivity index (χ4v) is 1.58. The van der Waals surface area contributed by atoms with Crippen molar-refractivity contribution in [3.05, 3.63) is 35.4 Å². The summed E-state index contributed by atoms with van der Waals surface area (Å²) in [4.78, 5) is 11.6. The zero-order chi connectivity index (χ0) is 14.1. The Labute approximate surface area is 115 Å². The highest BCUT2D eigenvalue weighted by Gasteiger charge is 2.06. The van der Waals surface area contributed by atoms with Gasteiger partial charge in [0.15, 0.2) is 0 Å². The van der Waals surface area contributed by atoms with Gasteiger partial charge in [-0.25, -0.2) is 0 Å². The Kier molecular flexibility index (Phi) is 6.70. The van der Waals surface area contributed by atoms with Crippen molar-refractivity contribution in [2.24, 2.45) is 5.92 Å². The third-order valence-corrected chi connectivity index (χ3v) is 2.99. The van der Waals surface area contributed by atoms with Gasteiger partial charge in [0.25, 0.3) is 0 Å². The summed E-state index contributed by atoms with van der Waals surface area (Å²) < 4.78 is 0. The molecule has 1 atom stereocenters. The van der Waals surface area contributed by atoms with Gasteiger partial charge in [0.2, 0.25) is 5.91 Å². The summed E-state index contributed by atoms with van der Waals surface area (Å²) in [6.07, 6.45) is 1.60. The van der Waals surface area contributed by atoms with Gasteiger partial charge in [-0.15, -0.1) is 0 Å². The van der Waals surface area contributed by atoms with Crippen LogP contribution < -0.4 is 5.32 Å². The molecule has 0 aliphatic heterocycles. The predicted molar refractivity (Wildman–Crippen MR) is 76.3 cm³/mol. The van der Waals surface area contributed by atoms with Gasteiger partial charge in [0, 0.05) is 18.5 Å². The molecule has 1 rings (SSSR count). The first-order valence-electron chi connectivity index (χ1n) is 6.61.